The number of ether oxygens (including phenoxy) is 1. The largest absolute Gasteiger partial charge is 0.490 e. The first-order chi connectivity index (χ1) is 8.84. The molecule has 94 valence electrons. The molecule has 0 spiro atoms. The summed E-state index contributed by atoms with van der Waals surface area (Å²) in [6.07, 6.45) is 2.25. The van der Waals surface area contributed by atoms with Crippen LogP contribution in [-0.2, 0) is 0 Å². The summed E-state index contributed by atoms with van der Waals surface area (Å²) in [6, 6.07) is 10.7. The molecule has 0 radical (unpaired) electrons. The van der Waals surface area contributed by atoms with Gasteiger partial charge in [0.2, 0.25) is 0 Å². The summed E-state index contributed by atoms with van der Waals surface area (Å²) in [6.45, 7) is 1.98. The standard InChI is InChI=1S/C15H16FNO/c16-14-5-1-4-13-12(14)3-2-6-15(13)18-11-7-9-17-10-8-11/h1-6,11,17H,7-10H2. The van der Waals surface area contributed by atoms with Gasteiger partial charge >= 0.3 is 0 Å². The number of nitrogens with one attached hydrogen (secondary N) is 1. The van der Waals surface area contributed by atoms with E-state index >= 15 is 0 Å². The van der Waals surface area contributed by atoms with Crippen molar-refractivity contribution in [2.24, 2.45) is 0 Å². The Hall–Kier alpha value is -1.61. The van der Waals surface area contributed by atoms with Gasteiger partial charge in [-0.25, -0.2) is 4.39 Å². The van der Waals surface area contributed by atoms with E-state index in [2.05, 4.69) is 5.32 Å². The average molecular weight is 245 g/mol. The second-order valence-electron chi connectivity index (χ2n) is 4.66. The number of hydrogen-bond donors (Lipinski definition) is 1. The molecular formula is C15H16FNO. The lowest BCUT2D eigenvalue weighted by atomic mass is 10.1. The maximum atomic E-state index is 13.7. The number of hydrogen-bond acceptors (Lipinski definition) is 2. The van der Waals surface area contributed by atoms with Crippen LogP contribution in [0.15, 0.2) is 36.4 Å². The van der Waals surface area contributed by atoms with Gasteiger partial charge in [-0.2, -0.15) is 0 Å². The first-order valence-corrected chi connectivity index (χ1v) is 6.39. The first-order valence-electron chi connectivity index (χ1n) is 6.39. The molecule has 1 aliphatic rings. The molecule has 1 fully saturated rings. The van der Waals surface area contributed by atoms with E-state index < -0.39 is 0 Å². The number of benzene rings is 2. The van der Waals surface area contributed by atoms with Crippen molar-refractivity contribution >= 4 is 10.8 Å². The molecule has 1 heterocycles. The van der Waals surface area contributed by atoms with Crippen LogP contribution in [0.25, 0.3) is 10.8 Å². The maximum absolute atomic E-state index is 13.7. The van der Waals surface area contributed by atoms with Crippen LogP contribution in [0.3, 0.4) is 0 Å². The van der Waals surface area contributed by atoms with E-state index in [-0.39, 0.29) is 11.9 Å². The van der Waals surface area contributed by atoms with E-state index in [9.17, 15) is 4.39 Å². The van der Waals surface area contributed by atoms with Crippen molar-refractivity contribution in [2.45, 2.75) is 18.9 Å². The van der Waals surface area contributed by atoms with Crippen molar-refractivity contribution in [3.63, 3.8) is 0 Å². The Morgan fingerprint density at radius 2 is 1.72 bits per heavy atom. The minimum Gasteiger partial charge on any atom is -0.490 e. The van der Waals surface area contributed by atoms with Crippen molar-refractivity contribution in [3.8, 4) is 5.75 Å². The Morgan fingerprint density at radius 3 is 2.56 bits per heavy atom. The highest BCUT2D eigenvalue weighted by molar-refractivity contribution is 5.88. The van der Waals surface area contributed by atoms with Gasteiger partial charge in [-0.15, -0.1) is 0 Å². The van der Waals surface area contributed by atoms with Crippen LogP contribution in [0.1, 0.15) is 12.8 Å². The predicted octanol–water partition coefficient (Wildman–Crippen LogP) is 3.11. The molecule has 0 aliphatic carbocycles. The second-order valence-corrected chi connectivity index (χ2v) is 4.66. The minimum absolute atomic E-state index is 0.191. The fraction of sp³-hybridized carbons (Fsp3) is 0.333. The third-order valence-corrected chi connectivity index (χ3v) is 3.41. The summed E-state index contributed by atoms with van der Waals surface area (Å²) in [5, 5.41) is 4.79. The molecule has 0 unspecified atom stereocenters. The molecule has 2 nitrogen and oxygen atoms in total. The molecular weight excluding hydrogens is 229 g/mol. The number of rotatable bonds is 2. The quantitative estimate of drug-likeness (QED) is 0.877. The molecule has 1 N–H and O–H groups in total. The van der Waals surface area contributed by atoms with Crippen molar-refractivity contribution < 1.29 is 9.13 Å². The second kappa shape index (κ2) is 4.94. The summed E-state index contributed by atoms with van der Waals surface area (Å²) in [5.41, 5.74) is 0. The monoisotopic (exact) mass is 245 g/mol. The first kappa shape index (κ1) is 11.5. The molecule has 18 heavy (non-hydrogen) atoms. The molecule has 2 aromatic rings. The fourth-order valence-electron chi connectivity index (χ4n) is 2.44. The smallest absolute Gasteiger partial charge is 0.131 e. The van der Waals surface area contributed by atoms with Gasteiger partial charge < -0.3 is 10.1 Å². The van der Waals surface area contributed by atoms with Gasteiger partial charge in [-0.3, -0.25) is 0 Å². The van der Waals surface area contributed by atoms with Crippen LogP contribution in [0.5, 0.6) is 5.75 Å². The SMILES string of the molecule is Fc1cccc2c(OC3CCNCC3)cccc12. The molecule has 0 bridgehead atoms. The Bertz CT molecular complexity index is 549. The third kappa shape index (κ3) is 2.18. The van der Waals surface area contributed by atoms with E-state index in [4.69, 9.17) is 4.74 Å². The van der Waals surface area contributed by atoms with Gasteiger partial charge in [0, 0.05) is 10.8 Å². The van der Waals surface area contributed by atoms with Crippen LogP contribution in [0.4, 0.5) is 4.39 Å². The molecule has 1 saturated heterocycles. The predicted molar refractivity (Wildman–Crippen MR) is 70.4 cm³/mol. The van der Waals surface area contributed by atoms with E-state index in [1.165, 1.54) is 6.07 Å². The molecule has 3 heteroatoms. The average Bonchev–Trinajstić information content (AvgIpc) is 2.41. The molecule has 0 aromatic heterocycles. The van der Waals surface area contributed by atoms with Crippen LogP contribution >= 0.6 is 0 Å². The van der Waals surface area contributed by atoms with Crippen LogP contribution < -0.4 is 10.1 Å². The molecule has 2 aromatic carbocycles. The van der Waals surface area contributed by atoms with Crippen molar-refractivity contribution in [2.75, 3.05) is 13.1 Å². The van der Waals surface area contributed by atoms with Crippen LogP contribution in [0, 0.1) is 5.82 Å². The Labute approximate surface area is 106 Å². The zero-order valence-electron chi connectivity index (χ0n) is 10.2. The number of piperidine rings is 1. The maximum Gasteiger partial charge on any atom is 0.131 e. The third-order valence-electron chi connectivity index (χ3n) is 3.41. The number of halogens is 1. The van der Waals surface area contributed by atoms with Crippen LogP contribution in [-0.4, -0.2) is 19.2 Å². The lowest BCUT2D eigenvalue weighted by Gasteiger charge is -2.24. The zero-order chi connectivity index (χ0) is 12.4. The van der Waals surface area contributed by atoms with Gasteiger partial charge in [-0.05, 0) is 38.1 Å². The lowest BCUT2D eigenvalue weighted by Crippen LogP contribution is -2.34. The topological polar surface area (TPSA) is 21.3 Å². The Kier molecular flexibility index (Phi) is 3.15. The summed E-state index contributed by atoms with van der Waals surface area (Å²) in [4.78, 5) is 0. The molecule has 0 amide bonds. The van der Waals surface area contributed by atoms with E-state index in [0.29, 0.717) is 5.39 Å². The van der Waals surface area contributed by atoms with Gasteiger partial charge in [-0.1, -0.05) is 24.3 Å². The van der Waals surface area contributed by atoms with Crippen LogP contribution in [0.2, 0.25) is 0 Å². The molecule has 0 atom stereocenters. The highest BCUT2D eigenvalue weighted by atomic mass is 19.1. The van der Waals surface area contributed by atoms with E-state index in [1.807, 2.05) is 18.2 Å². The molecule has 3 rings (SSSR count). The Morgan fingerprint density at radius 1 is 1.00 bits per heavy atom. The van der Waals surface area contributed by atoms with Gasteiger partial charge in [0.25, 0.3) is 0 Å². The van der Waals surface area contributed by atoms with Gasteiger partial charge in [0.1, 0.15) is 17.7 Å². The highest BCUT2D eigenvalue weighted by Crippen LogP contribution is 2.29. The fourth-order valence-corrected chi connectivity index (χ4v) is 2.44. The molecule has 0 saturated carbocycles. The highest BCUT2D eigenvalue weighted by Gasteiger charge is 2.15. The van der Waals surface area contributed by atoms with Gasteiger partial charge in [0.15, 0.2) is 0 Å². The summed E-state index contributed by atoms with van der Waals surface area (Å²) < 4.78 is 19.7. The van der Waals surface area contributed by atoms with E-state index in [1.54, 1.807) is 12.1 Å². The summed E-state index contributed by atoms with van der Waals surface area (Å²) in [7, 11) is 0. The summed E-state index contributed by atoms with van der Waals surface area (Å²) in [5.74, 6) is 0.599. The van der Waals surface area contributed by atoms with Crippen molar-refractivity contribution in [3.05, 3.63) is 42.2 Å². The van der Waals surface area contributed by atoms with Gasteiger partial charge in [0.05, 0.1) is 0 Å². The number of fused-ring (bicyclic) bond motifs is 1. The van der Waals surface area contributed by atoms with E-state index in [0.717, 1.165) is 37.1 Å². The summed E-state index contributed by atoms with van der Waals surface area (Å²) >= 11 is 0. The van der Waals surface area contributed by atoms with Crippen molar-refractivity contribution in [1.29, 1.82) is 0 Å². The zero-order valence-corrected chi connectivity index (χ0v) is 10.2. The minimum atomic E-state index is -0.191. The molecule has 1 aliphatic heterocycles. The lowest BCUT2D eigenvalue weighted by molar-refractivity contribution is 0.164. The Balaban J connectivity index is 1.93. The normalized spacial score (nSPS) is 16.9. The van der Waals surface area contributed by atoms with Crippen molar-refractivity contribution in [1.82, 2.24) is 5.32 Å².